The van der Waals surface area contributed by atoms with Gasteiger partial charge in [0, 0.05) is 36.0 Å². The molecular formula is C23H19N3O4S. The van der Waals surface area contributed by atoms with Crippen molar-refractivity contribution in [1.29, 1.82) is 5.26 Å². The molecular weight excluding hydrogens is 414 g/mol. The molecule has 0 aliphatic heterocycles. The Labute approximate surface area is 179 Å². The Morgan fingerprint density at radius 1 is 1.10 bits per heavy atom. The number of sulfone groups is 1. The van der Waals surface area contributed by atoms with Crippen molar-refractivity contribution in [2.45, 2.75) is 11.8 Å². The van der Waals surface area contributed by atoms with Crippen molar-refractivity contribution in [3.63, 3.8) is 0 Å². The lowest BCUT2D eigenvalue weighted by atomic mass is 10.0. The zero-order valence-corrected chi connectivity index (χ0v) is 17.7. The molecule has 7 nitrogen and oxygen atoms in total. The lowest BCUT2D eigenvalue weighted by Gasteiger charge is -2.13. The zero-order valence-electron chi connectivity index (χ0n) is 16.9. The second kappa shape index (κ2) is 7.78. The summed E-state index contributed by atoms with van der Waals surface area (Å²) in [6.07, 6.45) is 3.34. The first kappa shape index (κ1) is 20.4. The van der Waals surface area contributed by atoms with Gasteiger partial charge in [-0.3, -0.25) is 4.79 Å². The van der Waals surface area contributed by atoms with Crippen LogP contribution in [0.25, 0.3) is 22.0 Å². The lowest BCUT2D eigenvalue weighted by Crippen LogP contribution is -2.07. The molecule has 0 amide bonds. The van der Waals surface area contributed by atoms with Crippen molar-refractivity contribution in [3.05, 3.63) is 76.8 Å². The maximum absolute atomic E-state index is 12.5. The summed E-state index contributed by atoms with van der Waals surface area (Å²) in [5, 5.41) is 9.67. The molecule has 0 spiro atoms. The molecule has 4 aromatic rings. The Morgan fingerprint density at radius 2 is 1.84 bits per heavy atom. The number of aromatic nitrogens is 2. The molecule has 1 N–H and O–H groups in total. The molecule has 0 saturated carbocycles. The number of aryl methyl sites for hydroxylation is 1. The van der Waals surface area contributed by atoms with Gasteiger partial charge in [0.1, 0.15) is 17.0 Å². The molecule has 8 heteroatoms. The second-order valence-electron chi connectivity index (χ2n) is 7.02. The van der Waals surface area contributed by atoms with Crippen LogP contribution in [-0.2, 0) is 16.9 Å². The highest BCUT2D eigenvalue weighted by Crippen LogP contribution is 2.39. The fourth-order valence-corrected chi connectivity index (χ4v) is 4.38. The van der Waals surface area contributed by atoms with Gasteiger partial charge in [-0.15, -0.1) is 0 Å². The number of ether oxygens (including phenoxy) is 1. The Bertz CT molecular complexity index is 1490. The highest BCUT2D eigenvalue weighted by molar-refractivity contribution is 7.91. The molecule has 0 aliphatic rings. The van der Waals surface area contributed by atoms with E-state index >= 15 is 0 Å². The van der Waals surface area contributed by atoms with E-state index in [0.717, 1.165) is 0 Å². The summed E-state index contributed by atoms with van der Waals surface area (Å²) in [6.45, 7) is 1.59. The maximum Gasteiger partial charge on any atom is 0.272 e. The van der Waals surface area contributed by atoms with E-state index in [-0.39, 0.29) is 16.2 Å². The van der Waals surface area contributed by atoms with Gasteiger partial charge >= 0.3 is 0 Å². The van der Waals surface area contributed by atoms with Gasteiger partial charge in [-0.1, -0.05) is 6.92 Å². The summed E-state index contributed by atoms with van der Waals surface area (Å²) >= 11 is 0. The fraction of sp³-hybridized carbons (Fsp3) is 0.130. The standard InChI is InChI=1S/C23H19N3O4S/c1-3-31(28,29)17-8-9-21(30-16-6-4-15(13-24)5-7-16)19(12-17)20-14-26(2)22-18(20)10-11-25-23(22)27/h4-12,14H,3H2,1-2H3,(H,25,27). The van der Waals surface area contributed by atoms with E-state index in [2.05, 4.69) is 11.1 Å². The first-order valence-electron chi connectivity index (χ1n) is 9.56. The summed E-state index contributed by atoms with van der Waals surface area (Å²) in [7, 11) is -1.69. The number of aromatic amines is 1. The maximum atomic E-state index is 12.5. The fourth-order valence-electron chi connectivity index (χ4n) is 3.47. The summed E-state index contributed by atoms with van der Waals surface area (Å²) in [5.74, 6) is 0.911. The van der Waals surface area contributed by atoms with Crippen LogP contribution < -0.4 is 10.3 Å². The average molecular weight is 433 g/mol. The number of nitrogens with one attached hydrogen (secondary N) is 1. The molecule has 2 heterocycles. The predicted molar refractivity (Wildman–Crippen MR) is 118 cm³/mol. The third kappa shape index (κ3) is 3.71. The monoisotopic (exact) mass is 433 g/mol. The Kier molecular flexibility index (Phi) is 5.13. The number of rotatable bonds is 5. The highest BCUT2D eigenvalue weighted by atomic mass is 32.2. The van der Waals surface area contributed by atoms with Gasteiger partial charge < -0.3 is 14.3 Å². The zero-order chi connectivity index (χ0) is 22.2. The first-order valence-corrected chi connectivity index (χ1v) is 11.2. The Balaban J connectivity index is 1.94. The van der Waals surface area contributed by atoms with Gasteiger partial charge in [0.05, 0.1) is 22.3 Å². The normalized spacial score (nSPS) is 11.4. The van der Waals surface area contributed by atoms with Crippen LogP contribution in [0, 0.1) is 11.3 Å². The lowest BCUT2D eigenvalue weighted by molar-refractivity contribution is 0.484. The predicted octanol–water partition coefficient (Wildman–Crippen LogP) is 3.99. The quantitative estimate of drug-likeness (QED) is 0.512. The number of pyridine rings is 1. The van der Waals surface area contributed by atoms with Gasteiger partial charge in [0.2, 0.25) is 0 Å². The number of hydrogen-bond donors (Lipinski definition) is 1. The molecule has 0 radical (unpaired) electrons. The van der Waals surface area contributed by atoms with E-state index in [9.17, 15) is 13.2 Å². The van der Waals surface area contributed by atoms with E-state index in [0.29, 0.717) is 39.1 Å². The SMILES string of the molecule is CCS(=O)(=O)c1ccc(Oc2ccc(C#N)cc2)c(-c2cn(C)c3c(=O)[nH]ccc23)c1. The minimum Gasteiger partial charge on any atom is -0.457 e. The molecule has 0 unspecified atom stereocenters. The summed E-state index contributed by atoms with van der Waals surface area (Å²) in [6, 6.07) is 15.2. The number of benzene rings is 2. The van der Waals surface area contributed by atoms with Crippen LogP contribution in [0.3, 0.4) is 0 Å². The number of H-pyrrole nitrogens is 1. The van der Waals surface area contributed by atoms with E-state index in [1.54, 1.807) is 73.4 Å². The molecule has 4 rings (SSSR count). The molecule has 0 atom stereocenters. The number of hydrogen-bond acceptors (Lipinski definition) is 5. The van der Waals surface area contributed by atoms with Gasteiger partial charge in [-0.25, -0.2) is 8.42 Å². The van der Waals surface area contributed by atoms with Crippen LogP contribution in [0.2, 0.25) is 0 Å². The molecule has 156 valence electrons. The smallest absolute Gasteiger partial charge is 0.272 e. The molecule has 31 heavy (non-hydrogen) atoms. The van der Waals surface area contributed by atoms with E-state index < -0.39 is 9.84 Å². The van der Waals surface area contributed by atoms with Gasteiger partial charge in [-0.05, 0) is 48.5 Å². The Hall–Kier alpha value is -3.83. The van der Waals surface area contributed by atoms with Crippen LogP contribution in [0.15, 0.2) is 70.6 Å². The highest BCUT2D eigenvalue weighted by Gasteiger charge is 2.20. The first-order chi connectivity index (χ1) is 14.8. The minimum atomic E-state index is -3.45. The average Bonchev–Trinajstić information content (AvgIpc) is 3.12. The second-order valence-corrected chi connectivity index (χ2v) is 9.30. The molecule has 2 aromatic carbocycles. The third-order valence-corrected chi connectivity index (χ3v) is 6.82. The van der Waals surface area contributed by atoms with E-state index in [1.165, 1.54) is 6.07 Å². The van der Waals surface area contributed by atoms with Crippen LogP contribution >= 0.6 is 0 Å². The topological polar surface area (TPSA) is 105 Å². The van der Waals surface area contributed by atoms with Crippen LogP contribution in [0.1, 0.15) is 12.5 Å². The largest absolute Gasteiger partial charge is 0.457 e. The van der Waals surface area contributed by atoms with E-state index in [4.69, 9.17) is 10.00 Å². The molecule has 0 saturated heterocycles. The van der Waals surface area contributed by atoms with Crippen molar-refractivity contribution in [1.82, 2.24) is 9.55 Å². The van der Waals surface area contributed by atoms with Crippen LogP contribution in [-0.4, -0.2) is 23.7 Å². The van der Waals surface area contributed by atoms with Crippen molar-refractivity contribution in [2.24, 2.45) is 7.05 Å². The van der Waals surface area contributed by atoms with Crippen molar-refractivity contribution in [2.75, 3.05) is 5.75 Å². The summed E-state index contributed by atoms with van der Waals surface area (Å²) in [5.41, 5.74) is 1.98. The summed E-state index contributed by atoms with van der Waals surface area (Å²) < 4.78 is 32.8. The number of nitriles is 1. The van der Waals surface area contributed by atoms with Crippen molar-refractivity contribution < 1.29 is 13.2 Å². The van der Waals surface area contributed by atoms with Crippen LogP contribution in [0.4, 0.5) is 0 Å². The van der Waals surface area contributed by atoms with Gasteiger partial charge in [-0.2, -0.15) is 5.26 Å². The molecule has 0 bridgehead atoms. The third-order valence-electron chi connectivity index (χ3n) is 5.09. The summed E-state index contributed by atoms with van der Waals surface area (Å²) in [4.78, 5) is 15.2. The molecule has 0 fully saturated rings. The van der Waals surface area contributed by atoms with Crippen LogP contribution in [0.5, 0.6) is 11.5 Å². The van der Waals surface area contributed by atoms with E-state index in [1.807, 2.05) is 0 Å². The van der Waals surface area contributed by atoms with Gasteiger partial charge in [0.25, 0.3) is 5.56 Å². The molecule has 2 aromatic heterocycles. The Morgan fingerprint density at radius 3 is 2.52 bits per heavy atom. The van der Waals surface area contributed by atoms with Crippen molar-refractivity contribution in [3.8, 4) is 28.7 Å². The van der Waals surface area contributed by atoms with Gasteiger partial charge in [0.15, 0.2) is 9.84 Å². The van der Waals surface area contributed by atoms with Crippen molar-refractivity contribution >= 4 is 20.7 Å². The minimum absolute atomic E-state index is 0.0303. The number of fused-ring (bicyclic) bond motifs is 1. The number of nitrogens with zero attached hydrogens (tertiary/aromatic N) is 2. The molecule has 0 aliphatic carbocycles.